The Labute approximate surface area is 110 Å². The fraction of sp³-hybridized carbons (Fsp3) is 0.375. The minimum atomic E-state index is 0.167. The van der Waals surface area contributed by atoms with Gasteiger partial charge in [-0.05, 0) is 45.7 Å². The fourth-order valence-electron chi connectivity index (χ4n) is 1.27. The van der Waals surface area contributed by atoms with Crippen molar-refractivity contribution in [3.8, 4) is 5.75 Å². The highest BCUT2D eigenvalue weighted by atomic mass is 16.3. The molecule has 0 saturated heterocycles. The van der Waals surface area contributed by atoms with Crippen LogP contribution in [0.5, 0.6) is 5.75 Å². The molecule has 1 aromatic carbocycles. The SMILES string of the molecule is CC(C)=CCC/C(C)=C/CO.Oc1ccccc1. The molecule has 0 bridgehead atoms. The van der Waals surface area contributed by atoms with Crippen LogP contribution >= 0.6 is 0 Å². The summed E-state index contributed by atoms with van der Waals surface area (Å²) >= 11 is 0. The summed E-state index contributed by atoms with van der Waals surface area (Å²) in [6.07, 6.45) is 6.23. The van der Waals surface area contributed by atoms with Crippen molar-refractivity contribution in [2.24, 2.45) is 0 Å². The third kappa shape index (κ3) is 11.0. The number of para-hydroxylation sites is 1. The van der Waals surface area contributed by atoms with E-state index in [1.165, 1.54) is 11.1 Å². The molecule has 0 aliphatic rings. The number of rotatable bonds is 4. The number of benzene rings is 1. The van der Waals surface area contributed by atoms with E-state index in [9.17, 15) is 0 Å². The summed E-state index contributed by atoms with van der Waals surface area (Å²) in [5, 5.41) is 17.2. The molecule has 0 atom stereocenters. The van der Waals surface area contributed by atoms with Gasteiger partial charge in [0.05, 0.1) is 6.61 Å². The molecule has 1 rings (SSSR count). The molecule has 18 heavy (non-hydrogen) atoms. The molecule has 2 heteroatoms. The average Bonchev–Trinajstić information content (AvgIpc) is 2.30. The molecule has 0 unspecified atom stereocenters. The second kappa shape index (κ2) is 10.6. The van der Waals surface area contributed by atoms with Gasteiger partial charge in [-0.2, -0.15) is 0 Å². The van der Waals surface area contributed by atoms with E-state index in [-0.39, 0.29) is 6.61 Å². The Hall–Kier alpha value is -1.54. The van der Waals surface area contributed by atoms with Gasteiger partial charge in [0.25, 0.3) is 0 Å². The number of phenols is 1. The lowest BCUT2D eigenvalue weighted by atomic mass is 10.1. The molecule has 0 aromatic heterocycles. The maximum Gasteiger partial charge on any atom is 0.115 e. The van der Waals surface area contributed by atoms with Crippen molar-refractivity contribution in [1.82, 2.24) is 0 Å². The van der Waals surface area contributed by atoms with Crippen LogP contribution in [0.1, 0.15) is 33.6 Å². The number of aromatic hydroxyl groups is 1. The Bertz CT molecular complexity index is 360. The highest BCUT2D eigenvalue weighted by molar-refractivity contribution is 5.18. The minimum Gasteiger partial charge on any atom is -0.508 e. The third-order valence-corrected chi connectivity index (χ3v) is 2.29. The van der Waals surface area contributed by atoms with Gasteiger partial charge in [0.1, 0.15) is 5.75 Å². The molecule has 2 N–H and O–H groups in total. The number of aliphatic hydroxyl groups excluding tert-OH is 1. The van der Waals surface area contributed by atoms with Crippen molar-refractivity contribution >= 4 is 0 Å². The van der Waals surface area contributed by atoms with Crippen LogP contribution in [0.4, 0.5) is 0 Å². The first-order valence-corrected chi connectivity index (χ1v) is 6.20. The van der Waals surface area contributed by atoms with E-state index in [2.05, 4.69) is 26.8 Å². The smallest absolute Gasteiger partial charge is 0.115 e. The van der Waals surface area contributed by atoms with Gasteiger partial charge >= 0.3 is 0 Å². The van der Waals surface area contributed by atoms with E-state index in [1.807, 2.05) is 12.1 Å². The minimum absolute atomic E-state index is 0.167. The zero-order valence-electron chi connectivity index (χ0n) is 11.6. The zero-order valence-corrected chi connectivity index (χ0v) is 11.6. The molecule has 0 radical (unpaired) electrons. The number of aliphatic hydroxyl groups is 1. The van der Waals surface area contributed by atoms with Crippen LogP contribution in [0.15, 0.2) is 53.6 Å². The maximum atomic E-state index is 8.63. The lowest BCUT2D eigenvalue weighted by Gasteiger charge is -1.96. The quantitative estimate of drug-likeness (QED) is 0.789. The van der Waals surface area contributed by atoms with Crippen LogP contribution in [0.25, 0.3) is 0 Å². The van der Waals surface area contributed by atoms with Gasteiger partial charge in [0.15, 0.2) is 0 Å². The summed E-state index contributed by atoms with van der Waals surface area (Å²) in [6, 6.07) is 8.71. The molecular weight excluding hydrogens is 224 g/mol. The van der Waals surface area contributed by atoms with E-state index in [0.29, 0.717) is 5.75 Å². The van der Waals surface area contributed by atoms with Crippen LogP contribution < -0.4 is 0 Å². The highest BCUT2D eigenvalue weighted by Crippen LogP contribution is 2.05. The molecular formula is C16H24O2. The number of allylic oxidation sites excluding steroid dienone is 3. The number of phenolic OH excluding ortho intramolecular Hbond substituents is 1. The van der Waals surface area contributed by atoms with Gasteiger partial charge in [0.2, 0.25) is 0 Å². The standard InChI is InChI=1S/C10H18O.C6H6O/c1-9(2)5-4-6-10(3)7-8-11;7-6-4-2-1-3-5-6/h5,7,11H,4,6,8H2,1-3H3;1-5,7H/b10-7+;. The zero-order chi connectivity index (χ0) is 13.8. The van der Waals surface area contributed by atoms with Crippen LogP contribution in [-0.4, -0.2) is 16.8 Å². The van der Waals surface area contributed by atoms with Crippen molar-refractivity contribution in [1.29, 1.82) is 0 Å². The molecule has 0 spiro atoms. The molecule has 0 aliphatic heterocycles. The molecule has 0 heterocycles. The average molecular weight is 248 g/mol. The van der Waals surface area contributed by atoms with Gasteiger partial charge in [-0.1, -0.05) is 41.5 Å². The maximum absolute atomic E-state index is 8.63. The summed E-state index contributed by atoms with van der Waals surface area (Å²) < 4.78 is 0. The summed E-state index contributed by atoms with van der Waals surface area (Å²) in [5.74, 6) is 0.322. The normalized spacial score (nSPS) is 10.3. The van der Waals surface area contributed by atoms with E-state index in [0.717, 1.165) is 12.8 Å². The van der Waals surface area contributed by atoms with E-state index < -0.39 is 0 Å². The fourth-order valence-corrected chi connectivity index (χ4v) is 1.27. The first-order valence-electron chi connectivity index (χ1n) is 6.20. The van der Waals surface area contributed by atoms with Crippen molar-refractivity contribution < 1.29 is 10.2 Å². The van der Waals surface area contributed by atoms with Crippen LogP contribution in [0.3, 0.4) is 0 Å². The highest BCUT2D eigenvalue weighted by Gasteiger charge is 1.86. The Balaban J connectivity index is 0.000000351. The first-order chi connectivity index (χ1) is 8.56. The second-order valence-electron chi connectivity index (χ2n) is 4.39. The van der Waals surface area contributed by atoms with Crippen molar-refractivity contribution in [2.45, 2.75) is 33.6 Å². The summed E-state index contributed by atoms with van der Waals surface area (Å²) in [7, 11) is 0. The van der Waals surface area contributed by atoms with Crippen LogP contribution in [0.2, 0.25) is 0 Å². The van der Waals surface area contributed by atoms with Gasteiger partial charge in [0, 0.05) is 0 Å². The van der Waals surface area contributed by atoms with E-state index in [1.54, 1.807) is 24.3 Å². The van der Waals surface area contributed by atoms with Gasteiger partial charge < -0.3 is 10.2 Å². The molecule has 0 saturated carbocycles. The summed E-state index contributed by atoms with van der Waals surface area (Å²) in [4.78, 5) is 0. The lowest BCUT2D eigenvalue weighted by Crippen LogP contribution is -1.80. The first kappa shape index (κ1) is 16.5. The largest absolute Gasteiger partial charge is 0.508 e. The Kier molecular flexibility index (Phi) is 9.70. The molecule has 0 amide bonds. The third-order valence-electron chi connectivity index (χ3n) is 2.29. The predicted molar refractivity (Wildman–Crippen MR) is 77.6 cm³/mol. The monoisotopic (exact) mass is 248 g/mol. The van der Waals surface area contributed by atoms with Gasteiger partial charge in [-0.3, -0.25) is 0 Å². The molecule has 2 nitrogen and oxygen atoms in total. The van der Waals surface area contributed by atoms with Crippen molar-refractivity contribution in [3.05, 3.63) is 53.6 Å². The molecule has 0 aliphatic carbocycles. The Morgan fingerprint density at radius 3 is 2.06 bits per heavy atom. The lowest BCUT2D eigenvalue weighted by molar-refractivity contribution is 0.341. The van der Waals surface area contributed by atoms with Crippen molar-refractivity contribution in [2.75, 3.05) is 6.61 Å². The van der Waals surface area contributed by atoms with Gasteiger partial charge in [-0.15, -0.1) is 0 Å². The van der Waals surface area contributed by atoms with Crippen LogP contribution in [0, 0.1) is 0 Å². The molecule has 1 aromatic rings. The predicted octanol–water partition coefficient (Wildman–Crippen LogP) is 4.06. The van der Waals surface area contributed by atoms with Crippen molar-refractivity contribution in [3.63, 3.8) is 0 Å². The summed E-state index contributed by atoms with van der Waals surface area (Å²) in [6.45, 7) is 6.42. The van der Waals surface area contributed by atoms with E-state index in [4.69, 9.17) is 10.2 Å². The second-order valence-corrected chi connectivity index (χ2v) is 4.39. The van der Waals surface area contributed by atoms with Crippen LogP contribution in [-0.2, 0) is 0 Å². The number of hydrogen-bond donors (Lipinski definition) is 2. The van der Waals surface area contributed by atoms with E-state index >= 15 is 0 Å². The summed E-state index contributed by atoms with van der Waals surface area (Å²) in [5.41, 5.74) is 2.63. The molecule has 100 valence electrons. The van der Waals surface area contributed by atoms with Gasteiger partial charge in [-0.25, -0.2) is 0 Å². The Morgan fingerprint density at radius 1 is 1.06 bits per heavy atom. The Morgan fingerprint density at radius 2 is 1.67 bits per heavy atom. The molecule has 0 fully saturated rings. The topological polar surface area (TPSA) is 40.5 Å². The number of hydrogen-bond acceptors (Lipinski definition) is 2.